The molecule has 0 saturated heterocycles. The van der Waals surface area contributed by atoms with Crippen molar-refractivity contribution in [1.82, 2.24) is 15.0 Å². The van der Waals surface area contributed by atoms with Crippen LogP contribution in [-0.4, -0.2) is 32.9 Å². The van der Waals surface area contributed by atoms with Crippen LogP contribution in [0.2, 0.25) is 0 Å². The molecule has 1 aliphatic heterocycles. The highest BCUT2D eigenvalue weighted by Crippen LogP contribution is 2.43. The molecule has 2 atom stereocenters. The van der Waals surface area contributed by atoms with Crippen LogP contribution in [0.1, 0.15) is 68.5 Å². The van der Waals surface area contributed by atoms with E-state index < -0.39 is 0 Å². The van der Waals surface area contributed by atoms with Crippen LogP contribution >= 0.6 is 0 Å². The fourth-order valence-corrected chi connectivity index (χ4v) is 5.19. The molecule has 0 bridgehead atoms. The number of hydrogen-bond donors (Lipinski definition) is 0. The molecule has 4 aromatic rings. The Hall–Kier alpha value is -4.00. The van der Waals surface area contributed by atoms with Gasteiger partial charge in [0.05, 0.1) is 11.6 Å². The fourth-order valence-electron chi connectivity index (χ4n) is 5.19. The van der Waals surface area contributed by atoms with Gasteiger partial charge in [-0.25, -0.2) is 4.68 Å². The number of anilines is 2. The first-order valence-corrected chi connectivity index (χ1v) is 12.5. The quantitative estimate of drug-likeness (QED) is 0.354. The van der Waals surface area contributed by atoms with Gasteiger partial charge in [-0.2, -0.15) is 0 Å². The van der Waals surface area contributed by atoms with Crippen LogP contribution in [0.15, 0.2) is 72.8 Å². The zero-order chi connectivity index (χ0) is 25.4. The molecular weight excluding hydrogens is 450 g/mol. The molecule has 3 aromatic carbocycles. The van der Waals surface area contributed by atoms with E-state index in [2.05, 4.69) is 24.2 Å². The molecule has 1 aromatic heterocycles. The second-order valence-corrected chi connectivity index (χ2v) is 9.62. The molecule has 0 saturated carbocycles. The third-order valence-electron chi connectivity index (χ3n) is 6.90. The molecule has 7 nitrogen and oxygen atoms in total. The van der Waals surface area contributed by atoms with Gasteiger partial charge >= 0.3 is 0 Å². The van der Waals surface area contributed by atoms with Gasteiger partial charge in [-0.15, -0.1) is 5.10 Å². The van der Waals surface area contributed by atoms with Crippen molar-refractivity contribution in [2.45, 2.75) is 58.7 Å². The summed E-state index contributed by atoms with van der Waals surface area (Å²) in [6.07, 6.45) is 1.04. The summed E-state index contributed by atoms with van der Waals surface area (Å²) in [5.41, 5.74) is 4.86. The Labute approximate surface area is 211 Å². The molecule has 0 unspecified atom stereocenters. The standard InChI is InChI=1S/C29H31N5O2/c1-5-28(35)33(22-11-7-6-8-12-22)27-17-20(4)32(25-14-10-9-13-23(25)27)29(36)21-15-16-26-24(18-21)30-31-34(26)19(2)3/h6-16,18-20,27H,5,17H2,1-4H3/t20-,27+/m0/s1. The largest absolute Gasteiger partial charge is 0.305 e. The number of benzene rings is 3. The van der Waals surface area contributed by atoms with E-state index in [-0.39, 0.29) is 29.9 Å². The third-order valence-corrected chi connectivity index (χ3v) is 6.90. The van der Waals surface area contributed by atoms with E-state index in [1.807, 2.05) is 101 Å². The van der Waals surface area contributed by atoms with Gasteiger partial charge in [0.2, 0.25) is 5.91 Å². The monoisotopic (exact) mass is 481 g/mol. The Morgan fingerprint density at radius 3 is 2.47 bits per heavy atom. The van der Waals surface area contributed by atoms with Gasteiger partial charge in [0, 0.05) is 35.4 Å². The first-order valence-electron chi connectivity index (χ1n) is 12.5. The van der Waals surface area contributed by atoms with Crippen molar-refractivity contribution < 1.29 is 9.59 Å². The summed E-state index contributed by atoms with van der Waals surface area (Å²) in [6.45, 7) is 8.04. The zero-order valence-corrected chi connectivity index (χ0v) is 21.1. The summed E-state index contributed by atoms with van der Waals surface area (Å²) in [7, 11) is 0. The Kier molecular flexibility index (Phi) is 6.31. The number of fused-ring (bicyclic) bond motifs is 2. The van der Waals surface area contributed by atoms with Crippen molar-refractivity contribution in [3.63, 3.8) is 0 Å². The Balaban J connectivity index is 1.55. The number of para-hydroxylation sites is 2. The minimum atomic E-state index is -0.163. The average molecular weight is 482 g/mol. The van der Waals surface area contributed by atoms with Gasteiger partial charge in [0.1, 0.15) is 5.52 Å². The van der Waals surface area contributed by atoms with Crippen LogP contribution in [0.4, 0.5) is 11.4 Å². The van der Waals surface area contributed by atoms with Crippen molar-refractivity contribution >= 4 is 34.2 Å². The molecule has 7 heteroatoms. The Bertz CT molecular complexity index is 1410. The lowest BCUT2D eigenvalue weighted by molar-refractivity contribution is -0.118. The lowest BCUT2D eigenvalue weighted by atomic mass is 9.89. The molecule has 0 radical (unpaired) electrons. The normalized spacial score (nSPS) is 17.3. The maximum Gasteiger partial charge on any atom is 0.258 e. The van der Waals surface area contributed by atoms with Crippen molar-refractivity contribution in [2.24, 2.45) is 0 Å². The fraction of sp³-hybridized carbons (Fsp3) is 0.310. The highest BCUT2D eigenvalue weighted by molar-refractivity contribution is 6.09. The second-order valence-electron chi connectivity index (χ2n) is 9.62. The molecule has 184 valence electrons. The van der Waals surface area contributed by atoms with E-state index in [4.69, 9.17) is 0 Å². The topological polar surface area (TPSA) is 71.3 Å². The molecule has 0 aliphatic carbocycles. The highest BCUT2D eigenvalue weighted by Gasteiger charge is 2.38. The minimum absolute atomic E-state index is 0.0617. The van der Waals surface area contributed by atoms with Crippen LogP contribution in [0, 0.1) is 0 Å². The predicted molar refractivity (Wildman–Crippen MR) is 142 cm³/mol. The summed E-state index contributed by atoms with van der Waals surface area (Å²) in [5, 5.41) is 8.53. The lowest BCUT2D eigenvalue weighted by Crippen LogP contribution is -2.47. The number of nitrogens with zero attached hydrogens (tertiary/aromatic N) is 5. The van der Waals surface area contributed by atoms with Crippen LogP contribution in [0.25, 0.3) is 11.0 Å². The number of amides is 2. The summed E-state index contributed by atoms with van der Waals surface area (Å²) in [4.78, 5) is 30.8. The number of aromatic nitrogens is 3. The summed E-state index contributed by atoms with van der Waals surface area (Å²) in [6, 6.07) is 23.2. The summed E-state index contributed by atoms with van der Waals surface area (Å²) >= 11 is 0. The highest BCUT2D eigenvalue weighted by atomic mass is 16.2. The zero-order valence-electron chi connectivity index (χ0n) is 21.1. The molecule has 2 heterocycles. The second kappa shape index (κ2) is 9.57. The van der Waals surface area contributed by atoms with E-state index in [1.165, 1.54) is 0 Å². The maximum absolute atomic E-state index is 13.9. The lowest BCUT2D eigenvalue weighted by Gasteiger charge is -2.43. The van der Waals surface area contributed by atoms with Crippen molar-refractivity contribution in [1.29, 1.82) is 0 Å². The number of rotatable bonds is 5. The van der Waals surface area contributed by atoms with Crippen molar-refractivity contribution in [2.75, 3.05) is 9.80 Å². The number of hydrogen-bond acceptors (Lipinski definition) is 4. The first kappa shape index (κ1) is 23.7. The van der Waals surface area contributed by atoms with E-state index in [0.29, 0.717) is 23.9 Å². The smallest absolute Gasteiger partial charge is 0.258 e. The van der Waals surface area contributed by atoms with Gasteiger partial charge in [0.15, 0.2) is 0 Å². The SMILES string of the molecule is CCC(=O)N(c1ccccc1)[C@@H]1C[C@H](C)N(C(=O)c2ccc3c(c2)nnn3C(C)C)c2ccccc21. The number of carbonyl (C=O) groups excluding carboxylic acids is 2. The van der Waals surface area contributed by atoms with Crippen LogP contribution in [0.5, 0.6) is 0 Å². The maximum atomic E-state index is 13.9. The van der Waals surface area contributed by atoms with Crippen LogP contribution < -0.4 is 9.80 Å². The van der Waals surface area contributed by atoms with E-state index in [1.54, 1.807) is 0 Å². The van der Waals surface area contributed by atoms with Crippen molar-refractivity contribution in [3.05, 3.63) is 83.9 Å². The molecule has 1 aliphatic rings. The van der Waals surface area contributed by atoms with Crippen LogP contribution in [0.3, 0.4) is 0 Å². The molecule has 36 heavy (non-hydrogen) atoms. The van der Waals surface area contributed by atoms with E-state index >= 15 is 0 Å². The predicted octanol–water partition coefficient (Wildman–Crippen LogP) is 5.94. The first-order chi connectivity index (χ1) is 17.4. The number of carbonyl (C=O) groups is 2. The van der Waals surface area contributed by atoms with Gasteiger partial charge in [0.25, 0.3) is 5.91 Å². The van der Waals surface area contributed by atoms with Gasteiger partial charge in [-0.05, 0) is 69.2 Å². The molecule has 0 N–H and O–H groups in total. The summed E-state index contributed by atoms with van der Waals surface area (Å²) in [5.74, 6) is -0.0193. The Morgan fingerprint density at radius 2 is 1.75 bits per heavy atom. The van der Waals surface area contributed by atoms with Gasteiger partial charge in [-0.1, -0.05) is 48.5 Å². The summed E-state index contributed by atoms with van der Waals surface area (Å²) < 4.78 is 1.86. The molecule has 2 amide bonds. The average Bonchev–Trinajstić information content (AvgIpc) is 3.33. The third kappa shape index (κ3) is 4.04. The van der Waals surface area contributed by atoms with Crippen LogP contribution in [-0.2, 0) is 4.79 Å². The molecule has 5 rings (SSSR count). The van der Waals surface area contributed by atoms with Crippen molar-refractivity contribution in [3.8, 4) is 0 Å². The molecular formula is C29H31N5O2. The van der Waals surface area contributed by atoms with Gasteiger partial charge in [-0.3, -0.25) is 9.59 Å². The van der Waals surface area contributed by atoms with E-state index in [0.717, 1.165) is 22.5 Å². The minimum Gasteiger partial charge on any atom is -0.305 e. The molecule has 0 spiro atoms. The van der Waals surface area contributed by atoms with Gasteiger partial charge < -0.3 is 9.80 Å². The van der Waals surface area contributed by atoms with E-state index in [9.17, 15) is 9.59 Å². The Morgan fingerprint density at radius 1 is 1.03 bits per heavy atom. The molecule has 0 fully saturated rings.